The number of fused-ring (bicyclic) bond motifs is 5. The van der Waals surface area contributed by atoms with E-state index >= 15 is 0 Å². The second-order valence-electron chi connectivity index (χ2n) is 17.4. The number of carbonyl (C=O) groups excluding carboxylic acids is 1. The summed E-state index contributed by atoms with van der Waals surface area (Å²) in [5.74, 6) is 12.0. The summed E-state index contributed by atoms with van der Waals surface area (Å²) in [5, 5.41) is 0. The lowest BCUT2D eigenvalue weighted by molar-refractivity contribution is -0.151. The van der Waals surface area contributed by atoms with Crippen molar-refractivity contribution in [2.45, 2.75) is 183 Å². The molecule has 2 nitrogen and oxygen atoms in total. The number of unbranched alkanes of at least 4 members (excludes halogenated alkanes) is 8. The normalized spacial score (nSPS) is 32.7. The minimum atomic E-state index is 0.0423. The molecular formula is C46H74O2. The molecule has 0 aromatic rings. The van der Waals surface area contributed by atoms with E-state index in [-0.39, 0.29) is 12.1 Å². The zero-order chi connectivity index (χ0) is 34.6. The molecule has 0 unspecified atom stereocenters. The quantitative estimate of drug-likeness (QED) is 0.0673. The topological polar surface area (TPSA) is 26.3 Å². The highest BCUT2D eigenvalue weighted by atomic mass is 16.5. The van der Waals surface area contributed by atoms with Crippen LogP contribution < -0.4 is 0 Å². The van der Waals surface area contributed by atoms with Gasteiger partial charge in [0.2, 0.25) is 0 Å². The molecule has 48 heavy (non-hydrogen) atoms. The van der Waals surface area contributed by atoms with E-state index in [1.807, 2.05) is 6.92 Å². The average molecular weight is 659 g/mol. The molecule has 9 atom stereocenters. The summed E-state index contributed by atoms with van der Waals surface area (Å²) in [7, 11) is 0. The number of hydrogen-bond donors (Lipinski definition) is 0. The molecule has 0 amide bonds. The number of esters is 1. The summed E-state index contributed by atoms with van der Waals surface area (Å²) < 4.78 is 6.12. The molecule has 270 valence electrons. The first-order valence-electron chi connectivity index (χ1n) is 20.8. The number of hydrogen-bond acceptors (Lipinski definition) is 2. The van der Waals surface area contributed by atoms with Gasteiger partial charge in [-0.2, -0.15) is 0 Å². The molecule has 0 spiro atoms. The van der Waals surface area contributed by atoms with Crippen molar-refractivity contribution >= 4 is 5.97 Å². The SMILES string of the molecule is C/C=C/CC#CCCCCCCCCCCC(=O)O[C@H]1CC[C@@]2(C)C(=CC[C@H]3[C@@H]4CC[C@H]([C@H](C)C=C[C@@H](CC)C(C)C)[C@@]4(C)CC[C@@H]32)C1. The Morgan fingerprint density at radius 3 is 2.35 bits per heavy atom. The number of ether oxygens (including phenoxy) is 1. The molecule has 4 aliphatic carbocycles. The van der Waals surface area contributed by atoms with Crippen LogP contribution in [0, 0.1) is 64.1 Å². The highest BCUT2D eigenvalue weighted by molar-refractivity contribution is 5.69. The fourth-order valence-corrected chi connectivity index (χ4v) is 11.0. The third-order valence-electron chi connectivity index (χ3n) is 14.1. The molecule has 2 heteroatoms. The fourth-order valence-electron chi connectivity index (χ4n) is 11.0. The van der Waals surface area contributed by atoms with Gasteiger partial charge < -0.3 is 4.74 Å². The largest absolute Gasteiger partial charge is 0.462 e. The summed E-state index contributed by atoms with van der Waals surface area (Å²) in [6.45, 7) is 16.9. The second kappa shape index (κ2) is 19.0. The smallest absolute Gasteiger partial charge is 0.306 e. The maximum absolute atomic E-state index is 12.8. The Kier molecular flexibility index (Phi) is 15.5. The highest BCUT2D eigenvalue weighted by Crippen LogP contribution is 2.67. The Balaban J connectivity index is 1.17. The van der Waals surface area contributed by atoms with E-state index in [4.69, 9.17) is 4.74 Å². The van der Waals surface area contributed by atoms with Crippen molar-refractivity contribution in [3.8, 4) is 11.8 Å². The van der Waals surface area contributed by atoms with Crippen LogP contribution in [0.4, 0.5) is 0 Å². The zero-order valence-electron chi connectivity index (χ0n) is 32.5. The van der Waals surface area contributed by atoms with Gasteiger partial charge in [0.15, 0.2) is 0 Å². The van der Waals surface area contributed by atoms with E-state index in [0.29, 0.717) is 29.1 Å². The summed E-state index contributed by atoms with van der Waals surface area (Å²) in [5.41, 5.74) is 2.42. The van der Waals surface area contributed by atoms with Crippen LogP contribution in [0.2, 0.25) is 0 Å². The molecule has 4 aliphatic rings. The first-order valence-corrected chi connectivity index (χ1v) is 20.8. The Labute approximate surface area is 297 Å². The van der Waals surface area contributed by atoms with Gasteiger partial charge in [-0.15, -0.1) is 5.92 Å². The van der Waals surface area contributed by atoms with Gasteiger partial charge in [0.1, 0.15) is 6.10 Å². The van der Waals surface area contributed by atoms with Crippen molar-refractivity contribution < 1.29 is 9.53 Å². The Hall–Kier alpha value is -1.75. The molecule has 0 aliphatic heterocycles. The molecule has 0 N–H and O–H groups in total. The van der Waals surface area contributed by atoms with Crippen LogP contribution in [0.25, 0.3) is 0 Å². The summed E-state index contributed by atoms with van der Waals surface area (Å²) >= 11 is 0. The molecular weight excluding hydrogens is 585 g/mol. The maximum Gasteiger partial charge on any atom is 0.306 e. The molecule has 0 radical (unpaired) electrons. The van der Waals surface area contributed by atoms with Crippen molar-refractivity contribution in [2.75, 3.05) is 0 Å². The number of carbonyl (C=O) groups is 1. The number of allylic oxidation sites excluding steroid dienone is 5. The molecule has 0 aromatic carbocycles. The maximum atomic E-state index is 12.8. The molecule has 0 bridgehead atoms. The number of rotatable bonds is 17. The van der Waals surface area contributed by atoms with E-state index in [9.17, 15) is 4.79 Å². The van der Waals surface area contributed by atoms with Crippen LogP contribution in [-0.4, -0.2) is 12.1 Å². The average Bonchev–Trinajstić information content (AvgIpc) is 3.42. The highest BCUT2D eigenvalue weighted by Gasteiger charge is 2.59. The van der Waals surface area contributed by atoms with Gasteiger partial charge in [0.05, 0.1) is 0 Å². The van der Waals surface area contributed by atoms with Gasteiger partial charge in [-0.1, -0.05) is 122 Å². The third kappa shape index (κ3) is 9.94. The van der Waals surface area contributed by atoms with E-state index in [2.05, 4.69) is 83.8 Å². The van der Waals surface area contributed by atoms with Crippen LogP contribution in [0.3, 0.4) is 0 Å². The fraction of sp³-hybridized carbons (Fsp3) is 0.804. The lowest BCUT2D eigenvalue weighted by Gasteiger charge is -2.58. The Bertz CT molecular complexity index is 1150. The van der Waals surface area contributed by atoms with Crippen LogP contribution in [0.5, 0.6) is 0 Å². The van der Waals surface area contributed by atoms with Crippen molar-refractivity contribution in [1.29, 1.82) is 0 Å². The van der Waals surface area contributed by atoms with Gasteiger partial charge in [-0.05, 0) is 123 Å². The third-order valence-corrected chi connectivity index (χ3v) is 14.1. The summed E-state index contributed by atoms with van der Waals surface area (Å²) in [6, 6.07) is 0. The lowest BCUT2D eigenvalue weighted by Crippen LogP contribution is -2.51. The van der Waals surface area contributed by atoms with Crippen molar-refractivity contribution in [3.05, 3.63) is 36.0 Å². The van der Waals surface area contributed by atoms with E-state index in [1.54, 1.807) is 5.57 Å². The molecule has 3 fully saturated rings. The van der Waals surface area contributed by atoms with E-state index < -0.39 is 0 Å². The van der Waals surface area contributed by atoms with Gasteiger partial charge in [0, 0.05) is 25.7 Å². The standard InChI is InChI=1S/C46H74O2/c1-8-10-11-12-13-14-15-16-17-18-19-20-21-22-23-44(47)48-39-30-32-45(6)38(34-39)26-27-40-42-29-28-41(46(42,7)33-31-43(40)45)36(5)24-25-37(9-2)35(3)4/h8,10,24-26,35-37,39-43H,9,11,14-23,27-34H2,1-7H3/b10-8+,25-24?/t36-,37-,39+,40+,41-,42+,43+,45+,46-/m1/s1. The molecule has 0 aromatic heterocycles. The van der Waals surface area contributed by atoms with Crippen LogP contribution in [0.1, 0.15) is 177 Å². The van der Waals surface area contributed by atoms with E-state index in [1.165, 1.54) is 83.5 Å². The van der Waals surface area contributed by atoms with Gasteiger partial charge in [-0.3, -0.25) is 4.79 Å². The first-order chi connectivity index (χ1) is 23.1. The molecule has 4 rings (SSSR count). The van der Waals surface area contributed by atoms with Gasteiger partial charge >= 0.3 is 5.97 Å². The Morgan fingerprint density at radius 1 is 0.917 bits per heavy atom. The minimum Gasteiger partial charge on any atom is -0.462 e. The van der Waals surface area contributed by atoms with Crippen LogP contribution in [-0.2, 0) is 9.53 Å². The molecule has 0 saturated heterocycles. The Morgan fingerprint density at radius 2 is 1.65 bits per heavy atom. The monoisotopic (exact) mass is 659 g/mol. The molecule has 0 heterocycles. The van der Waals surface area contributed by atoms with Crippen LogP contribution in [0.15, 0.2) is 36.0 Å². The zero-order valence-corrected chi connectivity index (χ0v) is 32.5. The van der Waals surface area contributed by atoms with Crippen molar-refractivity contribution in [1.82, 2.24) is 0 Å². The second-order valence-corrected chi connectivity index (χ2v) is 17.4. The summed E-state index contributed by atoms with van der Waals surface area (Å²) in [6.07, 6.45) is 35.7. The minimum absolute atomic E-state index is 0.0423. The van der Waals surface area contributed by atoms with E-state index in [0.717, 1.165) is 68.1 Å². The van der Waals surface area contributed by atoms with Gasteiger partial charge in [0.25, 0.3) is 0 Å². The van der Waals surface area contributed by atoms with Crippen molar-refractivity contribution in [2.24, 2.45) is 52.3 Å². The molecule has 3 saturated carbocycles. The summed E-state index contributed by atoms with van der Waals surface area (Å²) in [4.78, 5) is 12.8. The predicted octanol–water partition coefficient (Wildman–Crippen LogP) is 13.2. The first kappa shape index (κ1) is 39.0. The van der Waals surface area contributed by atoms with Gasteiger partial charge in [-0.25, -0.2) is 0 Å². The predicted molar refractivity (Wildman–Crippen MR) is 205 cm³/mol. The lowest BCUT2D eigenvalue weighted by atomic mass is 9.47. The van der Waals surface area contributed by atoms with Crippen LogP contribution >= 0.6 is 0 Å². The van der Waals surface area contributed by atoms with Crippen molar-refractivity contribution in [3.63, 3.8) is 0 Å².